The first-order valence-corrected chi connectivity index (χ1v) is 10.2. The van der Waals surface area contributed by atoms with Gasteiger partial charge in [0.1, 0.15) is 42.0 Å². The molecule has 6 atom stereocenters. The lowest BCUT2D eigenvalue weighted by atomic mass is 9.97. The molecule has 9 heteroatoms. The van der Waals surface area contributed by atoms with Crippen LogP contribution in [0.2, 0.25) is 0 Å². The Morgan fingerprint density at radius 3 is 2.58 bits per heavy atom. The number of benzene rings is 2. The highest BCUT2D eigenvalue weighted by Crippen LogP contribution is 2.40. The van der Waals surface area contributed by atoms with Crippen molar-refractivity contribution in [3.05, 3.63) is 47.5 Å². The lowest BCUT2D eigenvalue weighted by Crippen LogP contribution is -2.60. The summed E-state index contributed by atoms with van der Waals surface area (Å²) in [5.74, 6) is 2.44. The lowest BCUT2D eigenvalue weighted by molar-refractivity contribution is -0.277. The predicted molar refractivity (Wildman–Crippen MR) is 105 cm³/mol. The van der Waals surface area contributed by atoms with E-state index in [0.29, 0.717) is 17.2 Å². The van der Waals surface area contributed by atoms with Crippen LogP contribution in [0, 0.1) is 0 Å². The van der Waals surface area contributed by atoms with Crippen LogP contribution in [-0.4, -0.2) is 64.5 Å². The molecule has 0 bridgehead atoms. The Bertz CT molecular complexity index is 947. The van der Waals surface area contributed by atoms with E-state index < -0.39 is 37.3 Å². The Balaban J connectivity index is 1.32. The van der Waals surface area contributed by atoms with Crippen LogP contribution in [-0.2, 0) is 11.2 Å². The Labute approximate surface area is 178 Å². The quantitative estimate of drug-likeness (QED) is 0.551. The highest BCUT2D eigenvalue weighted by Gasteiger charge is 2.44. The standard InChI is InChI=1S/C22H24O9/c23-9-18-19(24)20(25)21(26)22(31-18)29-13-4-1-11-2-5-14(30-16(11)8-13)12-3-6-15-17(7-12)28-10-27-15/h1,3-4,6-8,14,18-26H,2,5,9-10H2/t14-,18+,19+,20-,21+,22+/m0/s1. The van der Waals surface area contributed by atoms with Crippen LogP contribution in [0.15, 0.2) is 36.4 Å². The summed E-state index contributed by atoms with van der Waals surface area (Å²) in [6.45, 7) is -0.304. The van der Waals surface area contributed by atoms with Gasteiger partial charge < -0.3 is 44.1 Å². The monoisotopic (exact) mass is 432 g/mol. The van der Waals surface area contributed by atoms with Crippen LogP contribution in [0.1, 0.15) is 23.7 Å². The summed E-state index contributed by atoms with van der Waals surface area (Å²) in [6, 6.07) is 11.1. The summed E-state index contributed by atoms with van der Waals surface area (Å²) in [4.78, 5) is 0. The van der Waals surface area contributed by atoms with E-state index >= 15 is 0 Å². The molecule has 0 aromatic heterocycles. The van der Waals surface area contributed by atoms with Gasteiger partial charge in [-0.25, -0.2) is 0 Å². The molecule has 0 aliphatic carbocycles. The fourth-order valence-corrected chi connectivity index (χ4v) is 4.07. The zero-order chi connectivity index (χ0) is 21.5. The number of aliphatic hydroxyl groups excluding tert-OH is 4. The Kier molecular flexibility index (Phi) is 5.37. The maximum atomic E-state index is 10.2. The SMILES string of the molecule is OC[C@H]1O[C@@H](Oc2ccc3c(c2)O[C@H](c2ccc4c(c2)OCO4)CC3)[C@H](O)[C@@H](O)[C@@H]1O. The molecule has 0 spiro atoms. The third kappa shape index (κ3) is 3.79. The van der Waals surface area contributed by atoms with Gasteiger partial charge in [-0.3, -0.25) is 0 Å². The molecule has 0 unspecified atom stereocenters. The summed E-state index contributed by atoms with van der Waals surface area (Å²) >= 11 is 0. The third-order valence-corrected chi connectivity index (χ3v) is 5.85. The summed E-state index contributed by atoms with van der Waals surface area (Å²) in [6.07, 6.45) is -5.24. The van der Waals surface area contributed by atoms with E-state index in [9.17, 15) is 20.4 Å². The van der Waals surface area contributed by atoms with Crippen molar-refractivity contribution in [3.8, 4) is 23.0 Å². The zero-order valence-corrected chi connectivity index (χ0v) is 16.6. The van der Waals surface area contributed by atoms with Gasteiger partial charge in [-0.15, -0.1) is 0 Å². The largest absolute Gasteiger partial charge is 0.485 e. The van der Waals surface area contributed by atoms with Crippen LogP contribution in [0.5, 0.6) is 23.0 Å². The molecule has 5 rings (SSSR count). The molecule has 0 amide bonds. The van der Waals surface area contributed by atoms with Crippen molar-refractivity contribution in [1.29, 1.82) is 0 Å². The van der Waals surface area contributed by atoms with E-state index in [0.717, 1.165) is 29.7 Å². The molecule has 1 fully saturated rings. The predicted octanol–water partition coefficient (Wildman–Crippen LogP) is 0.660. The van der Waals surface area contributed by atoms with E-state index in [-0.39, 0.29) is 12.9 Å². The molecular formula is C22H24O9. The molecular weight excluding hydrogens is 408 g/mol. The molecule has 0 saturated carbocycles. The minimum atomic E-state index is -1.50. The van der Waals surface area contributed by atoms with Gasteiger partial charge in [0.2, 0.25) is 13.1 Å². The van der Waals surface area contributed by atoms with Crippen molar-refractivity contribution in [2.45, 2.75) is 49.7 Å². The van der Waals surface area contributed by atoms with Crippen molar-refractivity contribution < 1.29 is 44.1 Å². The summed E-state index contributed by atoms with van der Waals surface area (Å²) in [5.41, 5.74) is 2.01. The fraction of sp³-hybridized carbons (Fsp3) is 0.455. The Morgan fingerprint density at radius 1 is 0.903 bits per heavy atom. The van der Waals surface area contributed by atoms with E-state index in [1.54, 1.807) is 12.1 Å². The summed E-state index contributed by atoms with van der Waals surface area (Å²) in [5, 5.41) is 39.4. The first-order valence-electron chi connectivity index (χ1n) is 10.2. The molecule has 166 valence electrons. The summed E-state index contributed by atoms with van der Waals surface area (Å²) < 4.78 is 28.2. The fourth-order valence-electron chi connectivity index (χ4n) is 4.07. The molecule has 2 aromatic carbocycles. The molecule has 4 N–H and O–H groups in total. The normalized spacial score (nSPS) is 31.6. The first-order chi connectivity index (χ1) is 15.0. The highest BCUT2D eigenvalue weighted by molar-refractivity contribution is 5.47. The van der Waals surface area contributed by atoms with E-state index in [1.807, 2.05) is 24.3 Å². The number of hydrogen-bond donors (Lipinski definition) is 4. The molecule has 3 heterocycles. The Hall–Kier alpha value is -2.56. The number of aryl methyl sites for hydroxylation is 1. The van der Waals surface area contributed by atoms with Crippen molar-refractivity contribution in [3.63, 3.8) is 0 Å². The van der Waals surface area contributed by atoms with Gasteiger partial charge in [-0.2, -0.15) is 0 Å². The van der Waals surface area contributed by atoms with Gasteiger partial charge in [0, 0.05) is 6.07 Å². The smallest absolute Gasteiger partial charge is 0.231 e. The average molecular weight is 432 g/mol. The number of hydrogen-bond acceptors (Lipinski definition) is 9. The zero-order valence-electron chi connectivity index (χ0n) is 16.6. The van der Waals surface area contributed by atoms with Gasteiger partial charge in [0.15, 0.2) is 11.5 Å². The molecule has 0 radical (unpaired) electrons. The van der Waals surface area contributed by atoms with Crippen LogP contribution < -0.4 is 18.9 Å². The minimum Gasteiger partial charge on any atom is -0.485 e. The van der Waals surface area contributed by atoms with Crippen molar-refractivity contribution in [1.82, 2.24) is 0 Å². The molecule has 3 aliphatic heterocycles. The second kappa shape index (κ2) is 8.18. The lowest BCUT2D eigenvalue weighted by Gasteiger charge is -2.39. The number of ether oxygens (including phenoxy) is 5. The van der Waals surface area contributed by atoms with Gasteiger partial charge in [-0.05, 0) is 42.2 Å². The van der Waals surface area contributed by atoms with Crippen molar-refractivity contribution in [2.75, 3.05) is 13.4 Å². The average Bonchev–Trinajstić information content (AvgIpc) is 3.27. The maximum absolute atomic E-state index is 10.2. The van der Waals surface area contributed by atoms with Gasteiger partial charge in [-0.1, -0.05) is 12.1 Å². The van der Waals surface area contributed by atoms with E-state index in [4.69, 9.17) is 23.7 Å². The molecule has 9 nitrogen and oxygen atoms in total. The first kappa shape index (κ1) is 20.3. The number of rotatable bonds is 4. The van der Waals surface area contributed by atoms with E-state index in [2.05, 4.69) is 0 Å². The van der Waals surface area contributed by atoms with Crippen molar-refractivity contribution >= 4 is 0 Å². The number of fused-ring (bicyclic) bond motifs is 2. The highest BCUT2D eigenvalue weighted by atomic mass is 16.7. The second-order valence-corrected chi connectivity index (χ2v) is 7.84. The van der Waals surface area contributed by atoms with Crippen molar-refractivity contribution in [2.24, 2.45) is 0 Å². The van der Waals surface area contributed by atoms with Crippen LogP contribution in [0.4, 0.5) is 0 Å². The van der Waals surface area contributed by atoms with Crippen LogP contribution in [0.3, 0.4) is 0 Å². The summed E-state index contributed by atoms with van der Waals surface area (Å²) in [7, 11) is 0. The molecule has 1 saturated heterocycles. The molecule has 31 heavy (non-hydrogen) atoms. The van der Waals surface area contributed by atoms with Crippen LogP contribution in [0.25, 0.3) is 0 Å². The molecule has 2 aromatic rings. The van der Waals surface area contributed by atoms with E-state index in [1.165, 1.54) is 0 Å². The van der Waals surface area contributed by atoms with Gasteiger partial charge in [0.25, 0.3) is 0 Å². The van der Waals surface area contributed by atoms with Gasteiger partial charge in [0.05, 0.1) is 6.61 Å². The Morgan fingerprint density at radius 2 is 1.74 bits per heavy atom. The van der Waals surface area contributed by atoms with Gasteiger partial charge >= 0.3 is 0 Å². The second-order valence-electron chi connectivity index (χ2n) is 7.84. The topological polar surface area (TPSA) is 127 Å². The van der Waals surface area contributed by atoms with Crippen LogP contribution >= 0.6 is 0 Å². The maximum Gasteiger partial charge on any atom is 0.231 e. The molecule has 3 aliphatic rings. The number of aliphatic hydroxyl groups is 4. The minimum absolute atomic E-state index is 0.162. The third-order valence-electron chi connectivity index (χ3n) is 5.85.